The van der Waals surface area contributed by atoms with Crippen molar-refractivity contribution in [2.45, 2.75) is 71.2 Å². The maximum atomic E-state index is 13.6. The fourth-order valence-corrected chi connectivity index (χ4v) is 2.20. The zero-order valence-electron chi connectivity index (χ0n) is 12.9. The summed E-state index contributed by atoms with van der Waals surface area (Å²) in [5.41, 5.74) is -0.558. The van der Waals surface area contributed by atoms with Crippen molar-refractivity contribution in [3.05, 3.63) is 0 Å². The molecule has 5 nitrogen and oxygen atoms in total. The molecule has 1 aliphatic rings. The molecule has 1 heterocycles. The molecule has 1 aliphatic heterocycles. The van der Waals surface area contributed by atoms with Gasteiger partial charge in [0.05, 0.1) is 11.6 Å². The predicted octanol–water partition coefficient (Wildman–Crippen LogP) is 1.41. The molecule has 1 fully saturated rings. The van der Waals surface area contributed by atoms with E-state index in [1.165, 1.54) is 4.90 Å². The number of alkyl halides is 1. The predicted molar refractivity (Wildman–Crippen MR) is 74.8 cm³/mol. The van der Waals surface area contributed by atoms with Crippen LogP contribution in [0.1, 0.15) is 47.0 Å². The molecule has 0 radical (unpaired) electrons. The second kappa shape index (κ2) is 7.33. The molecule has 0 aromatic heterocycles. The number of ether oxygens (including phenoxy) is 1. The highest BCUT2D eigenvalue weighted by Crippen LogP contribution is 2.24. The smallest absolute Gasteiger partial charge is 0.237 e. The van der Waals surface area contributed by atoms with Crippen LogP contribution < -0.4 is 5.32 Å². The molecule has 3 unspecified atom stereocenters. The summed E-state index contributed by atoms with van der Waals surface area (Å²) in [5.74, 6) is -0.241. The van der Waals surface area contributed by atoms with Crippen LogP contribution in [0.5, 0.6) is 0 Å². The number of hydrogen-bond acceptors (Lipinski definition) is 4. The Balaban J connectivity index is 2.61. The number of nitrogens with zero attached hydrogens (tertiary/aromatic N) is 1. The first-order valence-corrected chi connectivity index (χ1v) is 7.28. The van der Waals surface area contributed by atoms with E-state index >= 15 is 0 Å². The zero-order valence-corrected chi connectivity index (χ0v) is 12.9. The Morgan fingerprint density at radius 3 is 2.75 bits per heavy atom. The first-order chi connectivity index (χ1) is 9.24. The van der Waals surface area contributed by atoms with Gasteiger partial charge in [0, 0.05) is 19.5 Å². The molecular formula is C14H27FN2O3. The first kappa shape index (κ1) is 17.3. The normalized spacial score (nSPS) is 25.7. The minimum absolute atomic E-state index is 0.0170. The van der Waals surface area contributed by atoms with E-state index in [4.69, 9.17) is 4.74 Å². The summed E-state index contributed by atoms with van der Waals surface area (Å²) in [6, 6.07) is -0.667. The lowest BCUT2D eigenvalue weighted by Gasteiger charge is -2.32. The van der Waals surface area contributed by atoms with Crippen LogP contribution in [0, 0.1) is 0 Å². The van der Waals surface area contributed by atoms with E-state index in [2.05, 4.69) is 5.32 Å². The van der Waals surface area contributed by atoms with Crippen molar-refractivity contribution in [2.24, 2.45) is 0 Å². The fourth-order valence-electron chi connectivity index (χ4n) is 2.20. The Hall–Kier alpha value is -0.720. The Labute approximate surface area is 120 Å². The summed E-state index contributed by atoms with van der Waals surface area (Å²) in [5, 5.41) is 12.8. The number of carbonyl (C=O) groups excluding carboxylic acids is 1. The van der Waals surface area contributed by atoms with Gasteiger partial charge in [0.1, 0.15) is 6.17 Å². The quantitative estimate of drug-likeness (QED) is 0.573. The number of nitrogens with one attached hydrogen (secondary N) is 1. The minimum atomic E-state index is -1.27. The van der Waals surface area contributed by atoms with Gasteiger partial charge in [-0.2, -0.15) is 0 Å². The molecule has 3 atom stereocenters. The van der Waals surface area contributed by atoms with Crippen LogP contribution in [-0.4, -0.2) is 53.2 Å². The molecule has 20 heavy (non-hydrogen) atoms. The number of aliphatic hydroxyl groups is 1. The third-order valence-corrected chi connectivity index (χ3v) is 3.16. The van der Waals surface area contributed by atoms with Crippen LogP contribution in [0.25, 0.3) is 0 Å². The molecule has 0 aromatic carbocycles. The van der Waals surface area contributed by atoms with Crippen molar-refractivity contribution < 1.29 is 19.0 Å². The van der Waals surface area contributed by atoms with E-state index in [9.17, 15) is 14.3 Å². The first-order valence-electron chi connectivity index (χ1n) is 7.28. The van der Waals surface area contributed by atoms with Crippen LogP contribution in [0.4, 0.5) is 4.39 Å². The van der Waals surface area contributed by atoms with E-state index in [0.717, 1.165) is 12.8 Å². The molecule has 118 valence electrons. The highest BCUT2D eigenvalue weighted by atomic mass is 19.1. The van der Waals surface area contributed by atoms with Crippen LogP contribution in [0.2, 0.25) is 0 Å². The van der Waals surface area contributed by atoms with Crippen molar-refractivity contribution in [2.75, 3.05) is 13.1 Å². The minimum Gasteiger partial charge on any atom is -0.356 e. The molecule has 0 bridgehead atoms. The van der Waals surface area contributed by atoms with Gasteiger partial charge < -0.3 is 15.2 Å². The Kier molecular flexibility index (Phi) is 6.36. The van der Waals surface area contributed by atoms with Gasteiger partial charge in [0.2, 0.25) is 12.3 Å². The van der Waals surface area contributed by atoms with Gasteiger partial charge in [-0.3, -0.25) is 4.79 Å². The van der Waals surface area contributed by atoms with Gasteiger partial charge in [-0.25, -0.2) is 9.29 Å². The van der Waals surface area contributed by atoms with Crippen LogP contribution >= 0.6 is 0 Å². The van der Waals surface area contributed by atoms with Crippen molar-refractivity contribution >= 4 is 5.91 Å². The fraction of sp³-hybridized carbons (Fsp3) is 0.929. The average Bonchev–Trinajstić information content (AvgIpc) is 2.69. The van der Waals surface area contributed by atoms with Gasteiger partial charge >= 0.3 is 0 Å². The van der Waals surface area contributed by atoms with Gasteiger partial charge in [-0.05, 0) is 27.2 Å². The maximum Gasteiger partial charge on any atom is 0.237 e. The molecule has 0 aliphatic carbocycles. The van der Waals surface area contributed by atoms with Crippen LogP contribution in [0.15, 0.2) is 0 Å². The van der Waals surface area contributed by atoms with Crippen LogP contribution in [-0.2, 0) is 9.53 Å². The van der Waals surface area contributed by atoms with E-state index in [-0.39, 0.29) is 18.9 Å². The van der Waals surface area contributed by atoms with Crippen molar-refractivity contribution in [3.63, 3.8) is 0 Å². The molecule has 1 amide bonds. The number of unbranched alkanes of at least 4 members (excludes halogenated alkanes) is 1. The Bertz CT molecular complexity index is 320. The van der Waals surface area contributed by atoms with Crippen LogP contribution in [0.3, 0.4) is 0 Å². The number of amides is 1. The summed E-state index contributed by atoms with van der Waals surface area (Å²) < 4.78 is 19.0. The van der Waals surface area contributed by atoms with Crippen molar-refractivity contribution in [1.82, 2.24) is 10.2 Å². The molecule has 0 saturated carbocycles. The summed E-state index contributed by atoms with van der Waals surface area (Å²) in [6.07, 6.45) is -0.412. The monoisotopic (exact) mass is 290 g/mol. The Morgan fingerprint density at radius 2 is 2.20 bits per heavy atom. The number of hydrogen-bond donors (Lipinski definition) is 2. The summed E-state index contributed by atoms with van der Waals surface area (Å²) in [6.45, 7) is 8.03. The number of likely N-dealkylation sites (tertiary alicyclic amines) is 1. The highest BCUT2D eigenvalue weighted by molar-refractivity contribution is 5.82. The molecule has 0 spiro atoms. The van der Waals surface area contributed by atoms with E-state index in [1.54, 1.807) is 20.8 Å². The average molecular weight is 290 g/mol. The molecule has 1 saturated heterocycles. The lowest BCUT2D eigenvalue weighted by molar-refractivity contribution is -0.242. The molecule has 1 rings (SSSR count). The standard InChI is InChI=1S/C14H27FN2O3/c1-5-6-7-16-12(18)11-8-10(15)9-17(11)13(19)20-14(2,3)4/h10-11,13,19H,5-9H2,1-4H3,(H,16,18). The summed E-state index contributed by atoms with van der Waals surface area (Å²) >= 11 is 0. The van der Waals surface area contributed by atoms with Gasteiger partial charge in [0.15, 0.2) is 0 Å². The van der Waals surface area contributed by atoms with Gasteiger partial charge in [-0.1, -0.05) is 13.3 Å². The molecule has 2 N–H and O–H groups in total. The second-order valence-corrected chi connectivity index (χ2v) is 6.25. The van der Waals surface area contributed by atoms with E-state index < -0.39 is 24.2 Å². The molecule has 6 heteroatoms. The van der Waals surface area contributed by atoms with E-state index in [0.29, 0.717) is 6.54 Å². The third kappa shape index (κ3) is 5.34. The van der Waals surface area contributed by atoms with Gasteiger partial charge in [0.25, 0.3) is 0 Å². The number of halogens is 1. The lowest BCUT2D eigenvalue weighted by Crippen LogP contribution is -2.50. The molecule has 0 aromatic rings. The van der Waals surface area contributed by atoms with E-state index in [1.807, 2.05) is 6.92 Å². The zero-order chi connectivity index (χ0) is 15.3. The number of rotatable bonds is 6. The third-order valence-electron chi connectivity index (χ3n) is 3.16. The summed E-state index contributed by atoms with van der Waals surface area (Å²) in [4.78, 5) is 13.4. The number of carbonyl (C=O) groups is 1. The Morgan fingerprint density at radius 1 is 1.55 bits per heavy atom. The second-order valence-electron chi connectivity index (χ2n) is 6.25. The van der Waals surface area contributed by atoms with Gasteiger partial charge in [-0.15, -0.1) is 0 Å². The highest BCUT2D eigenvalue weighted by Gasteiger charge is 2.41. The topological polar surface area (TPSA) is 61.8 Å². The van der Waals surface area contributed by atoms with Crippen molar-refractivity contribution in [1.29, 1.82) is 0 Å². The SMILES string of the molecule is CCCCNC(=O)C1CC(F)CN1C(O)OC(C)(C)C. The van der Waals surface area contributed by atoms with Crippen molar-refractivity contribution in [3.8, 4) is 0 Å². The molecular weight excluding hydrogens is 263 g/mol. The summed E-state index contributed by atoms with van der Waals surface area (Å²) in [7, 11) is 0. The lowest BCUT2D eigenvalue weighted by atomic mass is 10.2. The maximum absolute atomic E-state index is 13.6. The number of aliphatic hydroxyl groups excluding tert-OH is 1. The largest absolute Gasteiger partial charge is 0.356 e.